The first kappa shape index (κ1) is 23.4. The normalized spacial score (nSPS) is 10.8. The average molecular weight is 414 g/mol. The van der Waals surface area contributed by atoms with E-state index in [0.717, 1.165) is 0 Å². The highest BCUT2D eigenvalue weighted by Gasteiger charge is 1.99. The number of Topliss-reactive ketones (excluding diaryl/α,β-unsaturated/α-hetero) is 1. The lowest BCUT2D eigenvalue weighted by Gasteiger charge is -2.07. The molecule has 0 fully saturated rings. The predicted octanol–water partition coefficient (Wildman–Crippen LogP) is 0.170. The molecule has 0 aliphatic carbocycles. The molecule has 142 valence electrons. The van der Waals surface area contributed by atoms with E-state index in [1.54, 1.807) is 0 Å². The zero-order chi connectivity index (χ0) is 17.9. The van der Waals surface area contributed by atoms with E-state index >= 15 is 0 Å². The van der Waals surface area contributed by atoms with Gasteiger partial charge in [0.25, 0.3) is 0 Å². The molecule has 0 aromatic heterocycles. The van der Waals surface area contributed by atoms with Gasteiger partial charge in [-0.2, -0.15) is 0 Å². The quantitative estimate of drug-likeness (QED) is 0.193. The number of ether oxygens (including phenoxy) is 5. The van der Waals surface area contributed by atoms with Crippen molar-refractivity contribution in [3.05, 3.63) is 0 Å². The Kier molecular flexibility index (Phi) is 18.3. The molecule has 1 N–H and O–H groups in total. The molecule has 0 rings (SSSR count). The van der Waals surface area contributed by atoms with Gasteiger partial charge >= 0.3 is 5.97 Å². The Balaban J connectivity index is 3.05. The Bertz CT molecular complexity index is 288. The first-order valence-electron chi connectivity index (χ1n) is 7.87. The van der Waals surface area contributed by atoms with Gasteiger partial charge in [-0.25, -0.2) is 0 Å². The molecule has 9 heteroatoms. The van der Waals surface area contributed by atoms with Crippen LogP contribution in [0.4, 0.5) is 0 Å². The van der Waals surface area contributed by atoms with Gasteiger partial charge in [0.2, 0.25) is 0 Å². The highest BCUT2D eigenvalue weighted by atomic mass is 79.9. The minimum atomic E-state index is -0.283. The van der Waals surface area contributed by atoms with Crippen molar-refractivity contribution in [1.29, 1.82) is 0 Å². The Morgan fingerprint density at radius 1 is 0.833 bits per heavy atom. The van der Waals surface area contributed by atoms with Crippen molar-refractivity contribution < 1.29 is 33.3 Å². The number of nitrogens with one attached hydrogen (secondary N) is 1. The number of esters is 1. The third kappa shape index (κ3) is 17.8. The second kappa shape index (κ2) is 18.8. The van der Waals surface area contributed by atoms with Gasteiger partial charge in [0.05, 0.1) is 78.3 Å². The number of hydrogen-bond acceptors (Lipinski definition) is 8. The van der Waals surface area contributed by atoms with Crippen molar-refractivity contribution in [2.75, 3.05) is 78.4 Å². The second-order valence-electron chi connectivity index (χ2n) is 4.62. The maximum atomic E-state index is 11.0. The molecule has 0 spiro atoms. The fourth-order valence-electron chi connectivity index (χ4n) is 1.44. The molecule has 24 heavy (non-hydrogen) atoms. The van der Waals surface area contributed by atoms with E-state index in [1.165, 1.54) is 7.11 Å². The Morgan fingerprint density at radius 3 is 1.83 bits per heavy atom. The fourth-order valence-corrected chi connectivity index (χ4v) is 1.64. The molecule has 0 saturated carbocycles. The third-order valence-electron chi connectivity index (χ3n) is 2.69. The van der Waals surface area contributed by atoms with Crippen LogP contribution >= 0.6 is 15.9 Å². The number of carbonyl (C=O) groups excluding carboxylic acids is 2. The third-order valence-corrected chi connectivity index (χ3v) is 3.31. The van der Waals surface area contributed by atoms with Crippen molar-refractivity contribution in [1.82, 2.24) is 5.32 Å². The highest BCUT2D eigenvalue weighted by Crippen LogP contribution is 1.87. The maximum absolute atomic E-state index is 11.0. The summed E-state index contributed by atoms with van der Waals surface area (Å²) in [6, 6.07) is 0. The summed E-state index contributed by atoms with van der Waals surface area (Å²) in [5.41, 5.74) is 0. The maximum Gasteiger partial charge on any atom is 0.307 e. The Morgan fingerprint density at radius 2 is 1.33 bits per heavy atom. The molecule has 0 saturated heterocycles. The largest absolute Gasteiger partial charge is 0.469 e. The summed E-state index contributed by atoms with van der Waals surface area (Å²) in [7, 11) is 1.35. The van der Waals surface area contributed by atoms with Crippen molar-refractivity contribution in [3.63, 3.8) is 0 Å². The highest BCUT2D eigenvalue weighted by molar-refractivity contribution is 9.09. The van der Waals surface area contributed by atoms with E-state index in [9.17, 15) is 9.59 Å². The van der Waals surface area contributed by atoms with Crippen LogP contribution in [0, 0.1) is 0 Å². The summed E-state index contributed by atoms with van der Waals surface area (Å²) < 4.78 is 25.7. The van der Waals surface area contributed by atoms with Gasteiger partial charge in [0, 0.05) is 6.54 Å². The number of methoxy groups -OCH3 is 1. The van der Waals surface area contributed by atoms with Gasteiger partial charge < -0.3 is 29.0 Å². The summed E-state index contributed by atoms with van der Waals surface area (Å²) >= 11 is 3.10. The summed E-state index contributed by atoms with van der Waals surface area (Å²) in [4.78, 5) is 21.8. The van der Waals surface area contributed by atoms with Crippen molar-refractivity contribution >= 4 is 27.7 Å². The average Bonchev–Trinajstić information content (AvgIpc) is 2.60. The first-order chi connectivity index (χ1) is 11.7. The molecule has 8 nitrogen and oxygen atoms in total. The SMILES string of the molecule is COC(=O)CCOCCOCCOCCOCCNCC(=O)CBr. The minimum Gasteiger partial charge on any atom is -0.469 e. The number of halogens is 1. The zero-order valence-corrected chi connectivity index (χ0v) is 15.8. The fraction of sp³-hybridized carbons (Fsp3) is 0.867. The smallest absolute Gasteiger partial charge is 0.307 e. The van der Waals surface area contributed by atoms with Gasteiger partial charge in [-0.1, -0.05) is 15.9 Å². The van der Waals surface area contributed by atoms with Crippen LogP contribution in [0.25, 0.3) is 0 Å². The second-order valence-corrected chi connectivity index (χ2v) is 5.19. The van der Waals surface area contributed by atoms with Crippen LogP contribution in [0.2, 0.25) is 0 Å². The van der Waals surface area contributed by atoms with E-state index < -0.39 is 0 Å². The van der Waals surface area contributed by atoms with Crippen LogP contribution in [0.1, 0.15) is 6.42 Å². The van der Waals surface area contributed by atoms with Crippen molar-refractivity contribution in [2.45, 2.75) is 6.42 Å². The molecule has 0 aliphatic heterocycles. The molecule has 0 unspecified atom stereocenters. The van der Waals surface area contributed by atoms with Crippen molar-refractivity contribution in [3.8, 4) is 0 Å². The van der Waals surface area contributed by atoms with E-state index in [1.807, 2.05) is 0 Å². The zero-order valence-electron chi connectivity index (χ0n) is 14.2. The van der Waals surface area contributed by atoms with Gasteiger partial charge in [-0.05, 0) is 0 Å². The monoisotopic (exact) mass is 413 g/mol. The van der Waals surface area contributed by atoms with Crippen LogP contribution in [-0.4, -0.2) is 90.1 Å². The summed E-state index contributed by atoms with van der Waals surface area (Å²) in [6.45, 7) is 4.74. The van der Waals surface area contributed by atoms with E-state index in [-0.39, 0.29) is 18.2 Å². The van der Waals surface area contributed by atoms with Crippen LogP contribution < -0.4 is 5.32 Å². The molecule has 0 radical (unpaired) electrons. The van der Waals surface area contributed by atoms with Gasteiger partial charge in [0.15, 0.2) is 5.78 Å². The topological polar surface area (TPSA) is 92.3 Å². The number of rotatable bonds is 18. The van der Waals surface area contributed by atoms with Crippen LogP contribution in [-0.2, 0) is 33.3 Å². The lowest BCUT2D eigenvalue weighted by atomic mass is 10.4. The molecule has 0 heterocycles. The van der Waals surface area contributed by atoms with Crippen molar-refractivity contribution in [2.24, 2.45) is 0 Å². The lowest BCUT2D eigenvalue weighted by molar-refractivity contribution is -0.142. The van der Waals surface area contributed by atoms with Crippen LogP contribution in [0.15, 0.2) is 0 Å². The van der Waals surface area contributed by atoms with E-state index in [0.29, 0.717) is 71.3 Å². The van der Waals surface area contributed by atoms with E-state index in [4.69, 9.17) is 18.9 Å². The lowest BCUT2D eigenvalue weighted by Crippen LogP contribution is -2.27. The number of carbonyl (C=O) groups is 2. The summed E-state index contributed by atoms with van der Waals surface area (Å²) in [6.07, 6.45) is 0.252. The van der Waals surface area contributed by atoms with Gasteiger partial charge in [-0.3, -0.25) is 9.59 Å². The van der Waals surface area contributed by atoms with Gasteiger partial charge in [0.1, 0.15) is 0 Å². The standard InChI is InChI=1S/C15H28BrNO7/c1-20-15(19)2-4-21-6-8-23-10-11-24-9-7-22-5-3-17-13-14(18)12-16/h17H,2-13H2,1H3. The molecule has 0 bridgehead atoms. The number of hydrogen-bond donors (Lipinski definition) is 1. The minimum absolute atomic E-state index is 0.118. The summed E-state index contributed by atoms with van der Waals surface area (Å²) in [5, 5.41) is 3.35. The Labute approximate surface area is 151 Å². The molecule has 0 aliphatic rings. The molecule has 0 aromatic rings. The first-order valence-corrected chi connectivity index (χ1v) is 8.99. The number of ketones is 1. The molecule has 0 atom stereocenters. The van der Waals surface area contributed by atoms with Gasteiger partial charge in [-0.15, -0.1) is 0 Å². The number of alkyl halides is 1. The molecular weight excluding hydrogens is 386 g/mol. The van der Waals surface area contributed by atoms with Crippen LogP contribution in [0.5, 0.6) is 0 Å². The van der Waals surface area contributed by atoms with E-state index in [2.05, 4.69) is 26.0 Å². The Hall–Kier alpha value is -0.580. The summed E-state index contributed by atoms with van der Waals surface area (Å²) in [5.74, 6) is -0.165. The molecular formula is C15H28BrNO7. The van der Waals surface area contributed by atoms with Crippen LogP contribution in [0.3, 0.4) is 0 Å². The molecule has 0 aromatic carbocycles. The molecule has 0 amide bonds. The predicted molar refractivity (Wildman–Crippen MR) is 91.6 cm³/mol.